The molecular formula is C21H21ClN4O4. The van der Waals surface area contributed by atoms with Gasteiger partial charge in [-0.15, -0.1) is 0 Å². The van der Waals surface area contributed by atoms with E-state index in [1.165, 1.54) is 6.39 Å². The minimum atomic E-state index is -0.250. The van der Waals surface area contributed by atoms with Crippen molar-refractivity contribution >= 4 is 40.0 Å². The maximum Gasteiger partial charge on any atom is 0.290 e. The molecule has 1 aliphatic heterocycles. The molecule has 0 saturated carbocycles. The Morgan fingerprint density at radius 1 is 1.33 bits per heavy atom. The summed E-state index contributed by atoms with van der Waals surface area (Å²) in [6.45, 7) is 2.62. The largest absolute Gasteiger partial charge is 0.483 e. The van der Waals surface area contributed by atoms with Crippen LogP contribution in [-0.2, 0) is 16.0 Å². The van der Waals surface area contributed by atoms with Crippen molar-refractivity contribution in [1.29, 1.82) is 0 Å². The number of imidazole rings is 1. The van der Waals surface area contributed by atoms with Crippen molar-refractivity contribution in [3.63, 3.8) is 0 Å². The van der Waals surface area contributed by atoms with Crippen molar-refractivity contribution < 1.29 is 19.1 Å². The van der Waals surface area contributed by atoms with Gasteiger partial charge in [-0.2, -0.15) is 0 Å². The number of ether oxygens (including phenoxy) is 1. The number of aromatic nitrogens is 4. The summed E-state index contributed by atoms with van der Waals surface area (Å²) in [4.78, 5) is 21.9. The molecule has 5 rings (SSSR count). The van der Waals surface area contributed by atoms with E-state index in [1.807, 2.05) is 24.4 Å². The van der Waals surface area contributed by atoms with Crippen molar-refractivity contribution in [1.82, 2.24) is 19.5 Å². The van der Waals surface area contributed by atoms with Gasteiger partial charge < -0.3 is 18.8 Å². The minimum Gasteiger partial charge on any atom is -0.483 e. The summed E-state index contributed by atoms with van der Waals surface area (Å²) < 4.78 is 13.6. The van der Waals surface area contributed by atoms with Crippen LogP contribution in [0.2, 0.25) is 5.02 Å². The number of carbonyl (C=O) groups is 1. The van der Waals surface area contributed by atoms with Gasteiger partial charge in [0, 0.05) is 23.1 Å². The van der Waals surface area contributed by atoms with Crippen LogP contribution in [0.15, 0.2) is 41.4 Å². The van der Waals surface area contributed by atoms with Crippen LogP contribution in [0.25, 0.3) is 21.9 Å². The van der Waals surface area contributed by atoms with E-state index in [1.54, 1.807) is 6.20 Å². The van der Waals surface area contributed by atoms with Gasteiger partial charge in [-0.25, -0.2) is 9.97 Å². The van der Waals surface area contributed by atoms with Gasteiger partial charge in [0.15, 0.2) is 6.39 Å². The summed E-state index contributed by atoms with van der Waals surface area (Å²) in [6, 6.07) is 6.11. The van der Waals surface area contributed by atoms with E-state index in [0.29, 0.717) is 17.5 Å². The van der Waals surface area contributed by atoms with Crippen LogP contribution < -0.4 is 0 Å². The van der Waals surface area contributed by atoms with E-state index in [0.717, 1.165) is 53.0 Å². The van der Waals surface area contributed by atoms with Crippen molar-refractivity contribution in [2.24, 2.45) is 0 Å². The van der Waals surface area contributed by atoms with Crippen molar-refractivity contribution in [2.45, 2.75) is 38.3 Å². The van der Waals surface area contributed by atoms with Gasteiger partial charge in [0.05, 0.1) is 36.0 Å². The fourth-order valence-electron chi connectivity index (χ4n) is 4.01. The number of fused-ring (bicyclic) bond motifs is 3. The molecular weight excluding hydrogens is 408 g/mol. The molecule has 3 aromatic heterocycles. The molecule has 1 fully saturated rings. The lowest BCUT2D eigenvalue weighted by molar-refractivity contribution is -0.122. The number of benzene rings is 1. The maximum absolute atomic E-state index is 8.36. The molecule has 2 atom stereocenters. The highest BCUT2D eigenvalue weighted by atomic mass is 35.5. The number of halogens is 1. The monoisotopic (exact) mass is 428 g/mol. The second-order valence-corrected chi connectivity index (χ2v) is 7.60. The first-order chi connectivity index (χ1) is 14.6. The molecule has 1 saturated heterocycles. The zero-order valence-corrected chi connectivity index (χ0v) is 17.1. The fraction of sp³-hybridized carbons (Fsp3) is 0.333. The molecule has 30 heavy (non-hydrogen) atoms. The Balaban J connectivity index is 0.000000687. The Hall–Kier alpha value is -2.97. The van der Waals surface area contributed by atoms with Gasteiger partial charge in [0.2, 0.25) is 0 Å². The Morgan fingerprint density at radius 3 is 2.90 bits per heavy atom. The molecule has 1 aliphatic rings. The summed E-state index contributed by atoms with van der Waals surface area (Å²) in [7, 11) is 0. The van der Waals surface area contributed by atoms with Gasteiger partial charge in [0.25, 0.3) is 6.47 Å². The molecule has 0 bridgehead atoms. The van der Waals surface area contributed by atoms with Crippen molar-refractivity contribution in [3.05, 3.63) is 53.6 Å². The van der Waals surface area contributed by atoms with Crippen LogP contribution in [0, 0.1) is 0 Å². The predicted octanol–water partition coefficient (Wildman–Crippen LogP) is 4.26. The average Bonchev–Trinajstić information content (AvgIpc) is 3.36. The summed E-state index contributed by atoms with van der Waals surface area (Å²) in [5, 5.41) is 8.61. The van der Waals surface area contributed by atoms with Crippen LogP contribution in [0.1, 0.15) is 37.4 Å². The van der Waals surface area contributed by atoms with Gasteiger partial charge >= 0.3 is 0 Å². The van der Waals surface area contributed by atoms with Crippen LogP contribution in [0.4, 0.5) is 0 Å². The number of hydrogen-bond acceptors (Lipinski definition) is 6. The molecule has 4 aromatic rings. The van der Waals surface area contributed by atoms with Crippen LogP contribution in [-0.4, -0.2) is 43.8 Å². The van der Waals surface area contributed by atoms with E-state index in [-0.39, 0.29) is 12.6 Å². The lowest BCUT2D eigenvalue weighted by Crippen LogP contribution is -2.26. The molecule has 156 valence electrons. The van der Waals surface area contributed by atoms with E-state index in [9.17, 15) is 0 Å². The van der Waals surface area contributed by atoms with Crippen LogP contribution in [0.5, 0.6) is 0 Å². The average molecular weight is 429 g/mol. The normalized spacial score (nSPS) is 18.9. The van der Waals surface area contributed by atoms with Crippen molar-refractivity contribution in [2.75, 3.05) is 6.61 Å². The maximum atomic E-state index is 8.36. The first kappa shape index (κ1) is 20.3. The Kier molecular flexibility index (Phi) is 5.96. The lowest BCUT2D eigenvalue weighted by atomic mass is 10.0. The first-order valence-corrected chi connectivity index (χ1v) is 10.0. The molecule has 0 radical (unpaired) electrons. The zero-order chi connectivity index (χ0) is 21.1. The molecule has 8 nitrogen and oxygen atoms in total. The summed E-state index contributed by atoms with van der Waals surface area (Å²) in [5.41, 5.74) is 2.87. The van der Waals surface area contributed by atoms with Gasteiger partial charge in [-0.05, 0) is 38.0 Å². The fourth-order valence-corrected chi connectivity index (χ4v) is 4.18. The molecule has 4 heterocycles. The number of carboxylic acid groups (broad SMARTS) is 1. The number of pyridine rings is 1. The highest BCUT2D eigenvalue weighted by Gasteiger charge is 2.26. The highest BCUT2D eigenvalue weighted by Crippen LogP contribution is 2.34. The third-order valence-corrected chi connectivity index (χ3v) is 5.42. The molecule has 0 unspecified atom stereocenters. The molecule has 0 aliphatic carbocycles. The summed E-state index contributed by atoms with van der Waals surface area (Å²) in [6.07, 6.45) is 7.73. The Morgan fingerprint density at radius 2 is 2.17 bits per heavy atom. The third-order valence-electron chi connectivity index (χ3n) is 5.19. The first-order valence-electron chi connectivity index (χ1n) is 9.62. The summed E-state index contributed by atoms with van der Waals surface area (Å²) >= 11 is 6.30. The molecule has 1 N–H and O–H groups in total. The number of rotatable bonds is 3. The van der Waals surface area contributed by atoms with E-state index >= 15 is 0 Å². The van der Waals surface area contributed by atoms with Crippen LogP contribution >= 0.6 is 11.6 Å². The minimum absolute atomic E-state index is 0.219. The second-order valence-electron chi connectivity index (χ2n) is 7.16. The number of hydrogen-bond donors (Lipinski definition) is 1. The van der Waals surface area contributed by atoms with Crippen molar-refractivity contribution in [3.8, 4) is 0 Å². The quantitative estimate of drug-likeness (QED) is 0.486. The molecule has 0 amide bonds. The number of oxazole rings is 1. The molecule has 9 heteroatoms. The topological polar surface area (TPSA) is 103 Å². The van der Waals surface area contributed by atoms with Gasteiger partial charge in [-0.1, -0.05) is 11.6 Å². The van der Waals surface area contributed by atoms with Crippen LogP contribution in [0.3, 0.4) is 0 Å². The zero-order valence-electron chi connectivity index (χ0n) is 16.4. The van der Waals surface area contributed by atoms with Gasteiger partial charge in [-0.3, -0.25) is 9.78 Å². The highest BCUT2D eigenvalue weighted by molar-refractivity contribution is 6.31. The van der Waals surface area contributed by atoms with E-state index in [2.05, 4.69) is 21.5 Å². The molecule has 1 aromatic carbocycles. The van der Waals surface area contributed by atoms with E-state index in [4.69, 9.17) is 35.6 Å². The smallest absolute Gasteiger partial charge is 0.290 e. The van der Waals surface area contributed by atoms with Gasteiger partial charge in [0.1, 0.15) is 17.1 Å². The van der Waals surface area contributed by atoms with E-state index < -0.39 is 0 Å². The lowest BCUT2D eigenvalue weighted by Gasteiger charge is -2.30. The standard InChI is InChI=1S/C20H19ClN4O2.CH2O2/c1-12-6-14(4-5-26-12)25-19(8-15-9-22-11-27-15)24-18-10-23-17-3-2-13(21)7-16(17)20(18)25;2-1-3/h2-3,7,9-12,14H,4-6,8H2,1H3;1H,(H,2,3)/t12-,14-;/m1./s1. The second kappa shape index (κ2) is 8.81. The SMILES string of the molecule is C[C@@H]1C[C@H](n2c(Cc3cnco3)nc3cnc4ccc(Cl)cc4c32)CCO1.O=CO. The Bertz CT molecular complexity index is 1160. The number of nitrogens with zero attached hydrogens (tertiary/aromatic N) is 4. The Labute approximate surface area is 177 Å². The summed E-state index contributed by atoms with van der Waals surface area (Å²) in [5.74, 6) is 1.75. The molecule has 0 spiro atoms. The predicted molar refractivity (Wildman–Crippen MR) is 112 cm³/mol. The third kappa shape index (κ3) is 4.01.